The Labute approximate surface area is 195 Å². The van der Waals surface area contributed by atoms with Crippen LogP contribution in [-0.2, 0) is 14.6 Å². The average molecular weight is 464 g/mol. The number of hydrogen-bond acceptors (Lipinski definition) is 8. The number of carboxylic acids is 1. The van der Waals surface area contributed by atoms with Gasteiger partial charge in [-0.1, -0.05) is 42.5 Å². The van der Waals surface area contributed by atoms with Gasteiger partial charge in [-0.15, -0.1) is 0 Å². The Bertz CT molecular complexity index is 1240. The Morgan fingerprint density at radius 3 is 2.53 bits per heavy atom. The van der Waals surface area contributed by atoms with Crippen molar-refractivity contribution in [2.75, 3.05) is 20.3 Å². The summed E-state index contributed by atoms with van der Waals surface area (Å²) in [6.07, 6.45) is 0.759. The zero-order valence-electron chi connectivity index (χ0n) is 18.8. The number of ether oxygens (including phenoxy) is 2. The van der Waals surface area contributed by atoms with Crippen molar-refractivity contribution >= 4 is 17.1 Å². The smallest absolute Gasteiger partial charge is 0.305 e. The summed E-state index contributed by atoms with van der Waals surface area (Å²) >= 11 is 0. The molecule has 0 saturated heterocycles. The zero-order chi connectivity index (χ0) is 23.9. The Kier molecular flexibility index (Phi) is 7.36. The number of hydrogen-bond donors (Lipinski definition) is 1. The first-order chi connectivity index (χ1) is 16.6. The second kappa shape index (κ2) is 10.8. The lowest BCUT2D eigenvalue weighted by molar-refractivity contribution is -0.323. The lowest BCUT2D eigenvalue weighted by atomic mass is 9.99. The van der Waals surface area contributed by atoms with Crippen molar-refractivity contribution in [3.8, 4) is 34.1 Å². The molecule has 34 heavy (non-hydrogen) atoms. The van der Waals surface area contributed by atoms with Crippen molar-refractivity contribution in [3.05, 3.63) is 60.9 Å². The lowest BCUT2D eigenvalue weighted by Gasteiger charge is -2.13. The van der Waals surface area contributed by atoms with Crippen LogP contribution < -0.4 is 9.47 Å². The fourth-order valence-electron chi connectivity index (χ4n) is 3.36. The highest BCUT2D eigenvalue weighted by Gasteiger charge is 2.23. The van der Waals surface area contributed by atoms with Crippen LogP contribution in [0, 0.1) is 0 Å². The fourth-order valence-corrected chi connectivity index (χ4v) is 3.36. The van der Waals surface area contributed by atoms with Crippen molar-refractivity contribution in [3.63, 3.8) is 0 Å². The van der Waals surface area contributed by atoms with Crippen molar-refractivity contribution < 1.29 is 33.6 Å². The molecule has 1 N–H and O–H groups in total. The van der Waals surface area contributed by atoms with E-state index in [0.717, 1.165) is 22.4 Å². The number of carbonyl (C=O) groups is 1. The molecule has 0 fully saturated rings. The second-order valence-electron chi connectivity index (χ2n) is 7.44. The van der Waals surface area contributed by atoms with Crippen molar-refractivity contribution in [2.24, 2.45) is 0 Å². The van der Waals surface area contributed by atoms with Gasteiger partial charge in [-0.05, 0) is 24.6 Å². The molecule has 4 aromatic rings. The quantitative estimate of drug-likeness (QED) is 0.191. The van der Waals surface area contributed by atoms with Crippen molar-refractivity contribution in [1.29, 1.82) is 0 Å². The molecule has 0 aliphatic rings. The summed E-state index contributed by atoms with van der Waals surface area (Å²) in [5.41, 5.74) is 2.96. The number of furan rings is 1. The molecule has 0 bridgehead atoms. The standard InChI is InChI=1S/C25H24N2O7/c1-16(34-32-13-12-20(28)29)14-31-24-22-21(17-8-10-19(30-2)11-9-17)23(18-6-4-3-5-7-18)33-25(22)27-15-26-24/h3-11,15-16H,12-14H2,1-2H3,(H,28,29)/t16-/m0/s1. The van der Waals surface area contributed by atoms with Gasteiger partial charge in [0.1, 0.15) is 35.9 Å². The number of rotatable bonds is 11. The highest BCUT2D eigenvalue weighted by Crippen LogP contribution is 2.43. The van der Waals surface area contributed by atoms with Gasteiger partial charge in [0.15, 0.2) is 0 Å². The maximum Gasteiger partial charge on any atom is 0.305 e. The number of benzene rings is 2. The summed E-state index contributed by atoms with van der Waals surface area (Å²) in [7, 11) is 1.62. The van der Waals surface area contributed by atoms with E-state index in [0.29, 0.717) is 22.7 Å². The van der Waals surface area contributed by atoms with Crippen LogP contribution in [0.15, 0.2) is 65.3 Å². The maximum atomic E-state index is 10.6. The van der Waals surface area contributed by atoms with Crippen LogP contribution in [-0.4, -0.2) is 47.5 Å². The first kappa shape index (κ1) is 23.2. The number of aromatic nitrogens is 2. The van der Waals surface area contributed by atoms with E-state index in [2.05, 4.69) is 9.97 Å². The Balaban J connectivity index is 1.67. The van der Waals surface area contributed by atoms with Gasteiger partial charge >= 0.3 is 5.97 Å². The van der Waals surface area contributed by atoms with E-state index in [1.54, 1.807) is 14.0 Å². The fraction of sp³-hybridized carbons (Fsp3) is 0.240. The van der Waals surface area contributed by atoms with Crippen LogP contribution in [0.2, 0.25) is 0 Å². The van der Waals surface area contributed by atoms with Gasteiger partial charge in [0, 0.05) is 11.1 Å². The number of aliphatic carboxylic acids is 1. The molecule has 0 aliphatic heterocycles. The summed E-state index contributed by atoms with van der Waals surface area (Å²) in [5.74, 6) is 0.755. The minimum Gasteiger partial charge on any atom is -0.497 e. The maximum absolute atomic E-state index is 10.6. The molecule has 9 nitrogen and oxygen atoms in total. The van der Waals surface area contributed by atoms with Crippen LogP contribution in [0.4, 0.5) is 0 Å². The highest BCUT2D eigenvalue weighted by atomic mass is 17.2. The molecule has 0 unspecified atom stereocenters. The molecule has 0 aliphatic carbocycles. The van der Waals surface area contributed by atoms with Gasteiger partial charge in [0.25, 0.3) is 0 Å². The van der Waals surface area contributed by atoms with E-state index in [4.69, 9.17) is 28.8 Å². The van der Waals surface area contributed by atoms with Gasteiger partial charge < -0.3 is 19.0 Å². The minimum atomic E-state index is -0.962. The normalized spacial score (nSPS) is 11.9. The van der Waals surface area contributed by atoms with Crippen LogP contribution in [0.5, 0.6) is 11.6 Å². The SMILES string of the molecule is COc1ccc(-c2c(-c3ccccc3)oc3ncnc(OC[C@H](C)OOCCC(=O)O)c23)cc1. The first-order valence-corrected chi connectivity index (χ1v) is 10.7. The van der Waals surface area contributed by atoms with E-state index in [9.17, 15) is 4.79 Å². The van der Waals surface area contributed by atoms with Gasteiger partial charge in [0.05, 0.1) is 20.1 Å². The Morgan fingerprint density at radius 2 is 1.82 bits per heavy atom. The molecule has 2 heterocycles. The molecule has 9 heteroatoms. The van der Waals surface area contributed by atoms with Crippen molar-refractivity contribution in [2.45, 2.75) is 19.4 Å². The number of fused-ring (bicyclic) bond motifs is 1. The monoisotopic (exact) mass is 464 g/mol. The molecular formula is C25H24N2O7. The molecule has 0 radical (unpaired) electrons. The van der Waals surface area contributed by atoms with Crippen LogP contribution in [0.1, 0.15) is 13.3 Å². The number of nitrogens with zero attached hydrogens (tertiary/aromatic N) is 2. The topological polar surface area (TPSA) is 113 Å². The third-order valence-electron chi connectivity index (χ3n) is 4.95. The molecule has 0 spiro atoms. The summed E-state index contributed by atoms with van der Waals surface area (Å²) in [5, 5.41) is 9.30. The molecule has 4 rings (SSSR count). The Morgan fingerprint density at radius 1 is 1.06 bits per heavy atom. The van der Waals surface area contributed by atoms with Gasteiger partial charge in [-0.2, -0.15) is 0 Å². The minimum absolute atomic E-state index is 0.0544. The lowest BCUT2D eigenvalue weighted by Crippen LogP contribution is -2.19. The number of carboxylic acid groups (broad SMARTS) is 1. The van der Waals surface area contributed by atoms with E-state index in [-0.39, 0.29) is 19.6 Å². The predicted octanol–water partition coefficient (Wildman–Crippen LogP) is 4.76. The van der Waals surface area contributed by atoms with E-state index in [1.807, 2.05) is 54.6 Å². The van der Waals surface area contributed by atoms with Crippen LogP contribution >= 0.6 is 0 Å². The van der Waals surface area contributed by atoms with Crippen molar-refractivity contribution in [1.82, 2.24) is 9.97 Å². The zero-order valence-corrected chi connectivity index (χ0v) is 18.8. The average Bonchev–Trinajstić information content (AvgIpc) is 3.26. The summed E-state index contributed by atoms with van der Waals surface area (Å²) in [4.78, 5) is 29.3. The summed E-state index contributed by atoms with van der Waals surface area (Å²) in [6, 6.07) is 17.4. The molecule has 176 valence electrons. The molecule has 0 saturated carbocycles. The van der Waals surface area contributed by atoms with Gasteiger partial charge in [0.2, 0.25) is 11.6 Å². The van der Waals surface area contributed by atoms with Crippen LogP contribution in [0.3, 0.4) is 0 Å². The third kappa shape index (κ3) is 5.33. The van der Waals surface area contributed by atoms with E-state index in [1.165, 1.54) is 6.33 Å². The van der Waals surface area contributed by atoms with E-state index < -0.39 is 12.1 Å². The van der Waals surface area contributed by atoms with Crippen LogP contribution in [0.25, 0.3) is 33.6 Å². The predicted molar refractivity (Wildman–Crippen MR) is 123 cm³/mol. The largest absolute Gasteiger partial charge is 0.497 e. The Hall–Kier alpha value is -3.95. The molecule has 2 aromatic heterocycles. The van der Waals surface area contributed by atoms with Gasteiger partial charge in [-0.3, -0.25) is 4.79 Å². The molecule has 0 amide bonds. The molecule has 1 atom stereocenters. The number of methoxy groups -OCH3 is 1. The summed E-state index contributed by atoms with van der Waals surface area (Å²) < 4.78 is 17.4. The first-order valence-electron chi connectivity index (χ1n) is 10.7. The second-order valence-corrected chi connectivity index (χ2v) is 7.44. The van der Waals surface area contributed by atoms with Gasteiger partial charge in [-0.25, -0.2) is 19.7 Å². The highest BCUT2D eigenvalue weighted by molar-refractivity contribution is 6.03. The summed E-state index contributed by atoms with van der Waals surface area (Å²) in [6.45, 7) is 1.81. The molecule has 2 aromatic carbocycles. The molecular weight excluding hydrogens is 440 g/mol. The third-order valence-corrected chi connectivity index (χ3v) is 4.95. The van der Waals surface area contributed by atoms with E-state index >= 15 is 0 Å².